The minimum atomic E-state index is -4.85. The molecule has 0 radical (unpaired) electrons. The maximum absolute atomic E-state index is 13.2. The molecule has 0 spiro atoms. The predicted octanol–water partition coefficient (Wildman–Crippen LogP) is 2.23. The first-order chi connectivity index (χ1) is 14.8. The molecule has 4 rings (SSSR count). The van der Waals surface area contributed by atoms with Gasteiger partial charge in [-0.25, -0.2) is 0 Å². The van der Waals surface area contributed by atoms with Gasteiger partial charge in [0.05, 0.1) is 23.5 Å². The third kappa shape index (κ3) is 4.40. The van der Waals surface area contributed by atoms with E-state index in [0.29, 0.717) is 37.4 Å². The smallest absolute Gasteiger partial charge is 0.405 e. The van der Waals surface area contributed by atoms with Crippen LogP contribution in [0.5, 0.6) is 5.75 Å². The van der Waals surface area contributed by atoms with Crippen molar-refractivity contribution in [2.45, 2.75) is 30.9 Å². The van der Waals surface area contributed by atoms with Crippen molar-refractivity contribution >= 4 is 11.6 Å². The highest BCUT2D eigenvalue weighted by Gasteiger charge is 2.41. The van der Waals surface area contributed by atoms with Crippen LogP contribution in [0.15, 0.2) is 54.4 Å². The largest absolute Gasteiger partial charge is 0.573 e. The summed E-state index contributed by atoms with van der Waals surface area (Å²) in [6, 6.07) is 5.76. The van der Waals surface area contributed by atoms with Gasteiger partial charge in [0, 0.05) is 25.0 Å². The van der Waals surface area contributed by atoms with E-state index < -0.39 is 24.0 Å². The first-order valence-corrected chi connectivity index (χ1v) is 9.82. The monoisotopic (exact) mass is 437 g/mol. The van der Waals surface area contributed by atoms with Gasteiger partial charge < -0.3 is 30.1 Å². The molecule has 1 atom stereocenters. The summed E-state index contributed by atoms with van der Waals surface area (Å²) >= 11 is 0. The highest BCUT2D eigenvalue weighted by atomic mass is 19.4. The number of ether oxygens (including phenoxy) is 2. The Bertz CT molecular complexity index is 936. The van der Waals surface area contributed by atoms with E-state index in [4.69, 9.17) is 4.74 Å². The first-order valence-electron chi connectivity index (χ1n) is 9.82. The average Bonchev–Trinajstić information content (AvgIpc) is 3.13. The van der Waals surface area contributed by atoms with Gasteiger partial charge in [-0.2, -0.15) is 0 Å². The summed E-state index contributed by atoms with van der Waals surface area (Å²) in [7, 11) is 0. The number of carbonyl (C=O) groups is 1. The number of carbonyl (C=O) groups excluding carboxylic acids is 1. The second kappa shape index (κ2) is 8.27. The molecule has 7 nitrogen and oxygen atoms in total. The number of allylic oxidation sites excluding steroid dienone is 3. The summed E-state index contributed by atoms with van der Waals surface area (Å²) in [5.41, 5.74) is 0.251. The van der Waals surface area contributed by atoms with E-state index in [9.17, 15) is 23.1 Å². The summed E-state index contributed by atoms with van der Waals surface area (Å²) in [4.78, 5) is 14.8. The van der Waals surface area contributed by atoms with E-state index in [0.717, 1.165) is 0 Å². The maximum atomic E-state index is 13.2. The lowest BCUT2D eigenvalue weighted by atomic mass is 9.91. The van der Waals surface area contributed by atoms with Crippen molar-refractivity contribution in [1.29, 1.82) is 0 Å². The van der Waals surface area contributed by atoms with Crippen molar-refractivity contribution < 1.29 is 32.5 Å². The van der Waals surface area contributed by atoms with Crippen LogP contribution < -0.4 is 15.4 Å². The van der Waals surface area contributed by atoms with Crippen molar-refractivity contribution in [3.63, 3.8) is 0 Å². The van der Waals surface area contributed by atoms with E-state index in [1.807, 2.05) is 0 Å². The molecule has 1 saturated heterocycles. The zero-order valence-corrected chi connectivity index (χ0v) is 16.5. The molecule has 1 unspecified atom stereocenters. The molecular formula is C21H22F3N3O4. The van der Waals surface area contributed by atoms with Gasteiger partial charge in [0.15, 0.2) is 6.17 Å². The Morgan fingerprint density at radius 1 is 1.29 bits per heavy atom. The topological polar surface area (TPSA) is 83.1 Å². The Balaban J connectivity index is 1.63. The fourth-order valence-electron chi connectivity index (χ4n) is 3.88. The molecule has 1 aromatic carbocycles. The number of rotatable bonds is 5. The molecule has 31 heavy (non-hydrogen) atoms. The molecule has 3 aliphatic rings. The Hall–Kier alpha value is -2.98. The number of aliphatic hydroxyl groups excluding tert-OH is 1. The number of para-hydroxylation sites is 1. The van der Waals surface area contributed by atoms with Crippen molar-refractivity contribution in [3.8, 4) is 5.75 Å². The molecule has 0 aliphatic carbocycles. The summed E-state index contributed by atoms with van der Waals surface area (Å²) in [5, 5.41) is 15.8. The van der Waals surface area contributed by atoms with Gasteiger partial charge in [0.1, 0.15) is 5.75 Å². The predicted molar refractivity (Wildman–Crippen MR) is 105 cm³/mol. The normalized spacial score (nSPS) is 22.2. The Morgan fingerprint density at radius 3 is 2.74 bits per heavy atom. The lowest BCUT2D eigenvalue weighted by Gasteiger charge is -2.38. The molecule has 1 amide bonds. The second-order valence-electron chi connectivity index (χ2n) is 7.50. The van der Waals surface area contributed by atoms with Crippen LogP contribution in [0.25, 0.3) is 5.70 Å². The minimum absolute atomic E-state index is 0.179. The molecule has 166 valence electrons. The molecule has 1 aromatic rings. The maximum Gasteiger partial charge on any atom is 0.573 e. The zero-order chi connectivity index (χ0) is 22.1. The Labute approximate surface area is 176 Å². The quantitative estimate of drug-likeness (QED) is 0.656. The molecule has 3 N–H and O–H groups in total. The molecule has 0 bridgehead atoms. The molecule has 0 aromatic heterocycles. The van der Waals surface area contributed by atoms with Crippen LogP contribution >= 0.6 is 0 Å². The zero-order valence-electron chi connectivity index (χ0n) is 16.5. The van der Waals surface area contributed by atoms with Crippen LogP contribution in [0, 0.1) is 0 Å². The summed E-state index contributed by atoms with van der Waals surface area (Å²) < 4.78 is 48.2. The van der Waals surface area contributed by atoms with Crippen LogP contribution in [0.4, 0.5) is 13.2 Å². The summed E-state index contributed by atoms with van der Waals surface area (Å²) in [6.45, 7) is 0.602. The third-order valence-electron chi connectivity index (χ3n) is 5.48. The number of nitrogens with zero attached hydrogens (tertiary/aromatic N) is 1. The number of amides is 1. The SMILES string of the molecule is O=C(NC1(CO)CCOCC1)C1NC(c2ccccc2OC(F)(F)F)=C2C=CC=CN21. The fraction of sp³-hybridized carbons (Fsp3) is 0.381. The molecule has 1 fully saturated rings. The van der Waals surface area contributed by atoms with Gasteiger partial charge >= 0.3 is 6.36 Å². The van der Waals surface area contributed by atoms with Crippen LogP contribution in [-0.2, 0) is 9.53 Å². The van der Waals surface area contributed by atoms with Gasteiger partial charge in [-0.05, 0) is 37.1 Å². The molecular weight excluding hydrogens is 415 g/mol. The number of benzene rings is 1. The number of aliphatic hydroxyl groups is 1. The Kier molecular flexibility index (Phi) is 5.67. The standard InChI is InChI=1S/C21H22F3N3O4/c22-21(23,24)31-16-7-2-1-5-14(16)17-15-6-3-4-10-27(15)18(25-17)19(29)26-20(13-28)8-11-30-12-9-20/h1-7,10,18,25,28H,8-9,11-13H2,(H,26,29). The van der Waals surface area contributed by atoms with Gasteiger partial charge in [0.25, 0.3) is 5.91 Å². The number of hydrogen-bond donors (Lipinski definition) is 3. The lowest BCUT2D eigenvalue weighted by molar-refractivity contribution is -0.274. The fourth-order valence-corrected chi connectivity index (χ4v) is 3.88. The van der Waals surface area contributed by atoms with Crippen molar-refractivity contribution in [2.75, 3.05) is 19.8 Å². The average molecular weight is 437 g/mol. The van der Waals surface area contributed by atoms with Gasteiger partial charge in [0.2, 0.25) is 0 Å². The van der Waals surface area contributed by atoms with Crippen molar-refractivity contribution in [3.05, 3.63) is 60.0 Å². The highest BCUT2D eigenvalue weighted by Crippen LogP contribution is 2.37. The molecule has 3 aliphatic heterocycles. The van der Waals surface area contributed by atoms with E-state index in [-0.39, 0.29) is 17.9 Å². The van der Waals surface area contributed by atoms with E-state index in [1.54, 1.807) is 35.4 Å². The number of alkyl halides is 3. The van der Waals surface area contributed by atoms with Crippen molar-refractivity contribution in [1.82, 2.24) is 15.5 Å². The second-order valence-corrected chi connectivity index (χ2v) is 7.50. The third-order valence-corrected chi connectivity index (χ3v) is 5.48. The van der Waals surface area contributed by atoms with Crippen molar-refractivity contribution in [2.24, 2.45) is 0 Å². The number of fused-ring (bicyclic) bond motifs is 1. The van der Waals surface area contributed by atoms with Crippen LogP contribution in [0.2, 0.25) is 0 Å². The molecule has 3 heterocycles. The van der Waals surface area contributed by atoms with Gasteiger partial charge in [-0.3, -0.25) is 4.79 Å². The summed E-state index contributed by atoms with van der Waals surface area (Å²) in [5.74, 6) is -0.775. The first kappa shape index (κ1) is 21.3. The van der Waals surface area contributed by atoms with Crippen LogP contribution in [0.3, 0.4) is 0 Å². The molecule has 0 saturated carbocycles. The van der Waals surface area contributed by atoms with E-state index in [1.165, 1.54) is 18.2 Å². The number of halogens is 3. The van der Waals surface area contributed by atoms with Crippen LogP contribution in [0.1, 0.15) is 18.4 Å². The number of hydrogen-bond acceptors (Lipinski definition) is 6. The highest BCUT2D eigenvalue weighted by molar-refractivity contribution is 5.88. The van der Waals surface area contributed by atoms with Crippen LogP contribution in [-0.4, -0.2) is 53.8 Å². The Morgan fingerprint density at radius 2 is 2.03 bits per heavy atom. The number of nitrogens with one attached hydrogen (secondary N) is 2. The van der Waals surface area contributed by atoms with Gasteiger partial charge in [-0.1, -0.05) is 18.2 Å². The minimum Gasteiger partial charge on any atom is -0.405 e. The molecule has 10 heteroatoms. The van der Waals surface area contributed by atoms with Gasteiger partial charge in [-0.15, -0.1) is 13.2 Å². The van der Waals surface area contributed by atoms with E-state index in [2.05, 4.69) is 15.4 Å². The van der Waals surface area contributed by atoms with E-state index >= 15 is 0 Å². The lowest BCUT2D eigenvalue weighted by Crippen LogP contribution is -2.60. The summed E-state index contributed by atoms with van der Waals surface area (Å²) in [6.07, 6.45) is 2.00.